The highest BCUT2D eigenvalue weighted by Crippen LogP contribution is 2.44. The van der Waals surface area contributed by atoms with Crippen LogP contribution in [-0.2, 0) is 0 Å². The van der Waals surface area contributed by atoms with Crippen LogP contribution in [0.3, 0.4) is 0 Å². The van der Waals surface area contributed by atoms with Crippen molar-refractivity contribution in [1.29, 1.82) is 0 Å². The van der Waals surface area contributed by atoms with E-state index in [9.17, 15) is 4.79 Å². The molecule has 0 unspecified atom stereocenters. The van der Waals surface area contributed by atoms with E-state index < -0.39 is 0 Å². The van der Waals surface area contributed by atoms with Crippen molar-refractivity contribution in [3.63, 3.8) is 0 Å². The fraction of sp³-hybridized carbons (Fsp3) is 0.435. The number of ether oxygens (including phenoxy) is 1. The minimum absolute atomic E-state index is 0.134. The minimum Gasteiger partial charge on any atom is -0.491 e. The van der Waals surface area contributed by atoms with Crippen molar-refractivity contribution in [1.82, 2.24) is 9.80 Å². The SMILES string of the molecule is CC(C)Oc1ccc(C(=O)N2C[C@@H]3CN(C)[C@@H](c4ccccc4)[C@@H]3C2)cc1. The Morgan fingerprint density at radius 3 is 2.37 bits per heavy atom. The van der Waals surface area contributed by atoms with Crippen LogP contribution < -0.4 is 4.74 Å². The van der Waals surface area contributed by atoms with Gasteiger partial charge in [0.25, 0.3) is 5.91 Å². The molecule has 0 saturated carbocycles. The zero-order chi connectivity index (χ0) is 19.0. The smallest absolute Gasteiger partial charge is 0.253 e. The van der Waals surface area contributed by atoms with Gasteiger partial charge in [-0.15, -0.1) is 0 Å². The third-order valence-corrected chi connectivity index (χ3v) is 5.80. The van der Waals surface area contributed by atoms with E-state index in [1.807, 2.05) is 43.0 Å². The Bertz CT molecular complexity index is 788. The lowest BCUT2D eigenvalue weighted by Crippen LogP contribution is -2.33. The number of nitrogens with zero attached hydrogens (tertiary/aromatic N) is 2. The lowest BCUT2D eigenvalue weighted by Gasteiger charge is -2.27. The first-order valence-electron chi connectivity index (χ1n) is 9.84. The molecule has 0 aliphatic carbocycles. The van der Waals surface area contributed by atoms with E-state index >= 15 is 0 Å². The van der Waals surface area contributed by atoms with Crippen molar-refractivity contribution in [2.75, 3.05) is 26.7 Å². The van der Waals surface area contributed by atoms with Gasteiger partial charge in [-0.1, -0.05) is 30.3 Å². The van der Waals surface area contributed by atoms with Crippen molar-refractivity contribution in [2.45, 2.75) is 26.0 Å². The number of likely N-dealkylation sites (tertiary alicyclic amines) is 2. The van der Waals surface area contributed by atoms with Gasteiger partial charge in [-0.05, 0) is 56.6 Å². The third-order valence-electron chi connectivity index (χ3n) is 5.80. The highest BCUT2D eigenvalue weighted by molar-refractivity contribution is 5.94. The average molecular weight is 364 g/mol. The molecule has 0 bridgehead atoms. The lowest BCUT2D eigenvalue weighted by molar-refractivity contribution is 0.0768. The highest BCUT2D eigenvalue weighted by Gasteiger charge is 2.47. The number of amides is 1. The van der Waals surface area contributed by atoms with Gasteiger partial charge < -0.3 is 9.64 Å². The van der Waals surface area contributed by atoms with Crippen LogP contribution in [0.25, 0.3) is 0 Å². The molecule has 2 aliphatic heterocycles. The number of fused-ring (bicyclic) bond motifs is 1. The average Bonchev–Trinajstić information content (AvgIpc) is 3.18. The Kier molecular flexibility index (Phi) is 4.92. The molecule has 27 heavy (non-hydrogen) atoms. The Balaban J connectivity index is 1.47. The number of hydrogen-bond donors (Lipinski definition) is 0. The van der Waals surface area contributed by atoms with Crippen LogP contribution in [0, 0.1) is 11.8 Å². The number of carbonyl (C=O) groups excluding carboxylic acids is 1. The molecule has 0 spiro atoms. The molecule has 2 aliphatic rings. The molecule has 2 aromatic rings. The molecule has 4 nitrogen and oxygen atoms in total. The molecule has 2 saturated heterocycles. The summed E-state index contributed by atoms with van der Waals surface area (Å²) in [5.74, 6) is 2.00. The molecule has 2 fully saturated rings. The number of benzene rings is 2. The molecule has 2 heterocycles. The van der Waals surface area contributed by atoms with Crippen molar-refractivity contribution in [3.05, 3.63) is 65.7 Å². The van der Waals surface area contributed by atoms with E-state index in [-0.39, 0.29) is 12.0 Å². The van der Waals surface area contributed by atoms with Gasteiger partial charge in [0, 0.05) is 37.2 Å². The second kappa shape index (κ2) is 7.35. The first kappa shape index (κ1) is 18.1. The maximum atomic E-state index is 13.0. The van der Waals surface area contributed by atoms with E-state index in [0.29, 0.717) is 17.9 Å². The van der Waals surface area contributed by atoms with E-state index in [1.54, 1.807) is 0 Å². The molecule has 2 aromatic carbocycles. The Morgan fingerprint density at radius 1 is 1.00 bits per heavy atom. The number of hydrogen-bond acceptors (Lipinski definition) is 3. The molecule has 0 radical (unpaired) electrons. The number of rotatable bonds is 4. The topological polar surface area (TPSA) is 32.8 Å². The summed E-state index contributed by atoms with van der Waals surface area (Å²) in [6.45, 7) is 6.73. The second-order valence-electron chi connectivity index (χ2n) is 8.12. The first-order chi connectivity index (χ1) is 13.0. The molecule has 142 valence electrons. The van der Waals surface area contributed by atoms with E-state index in [4.69, 9.17) is 4.74 Å². The van der Waals surface area contributed by atoms with Crippen molar-refractivity contribution >= 4 is 5.91 Å². The van der Waals surface area contributed by atoms with E-state index in [1.165, 1.54) is 5.56 Å². The zero-order valence-corrected chi connectivity index (χ0v) is 16.3. The lowest BCUT2D eigenvalue weighted by atomic mass is 9.90. The predicted octanol–water partition coefficient (Wildman–Crippen LogP) is 3.85. The summed E-state index contributed by atoms with van der Waals surface area (Å²) in [6, 6.07) is 18.6. The Hall–Kier alpha value is -2.33. The van der Waals surface area contributed by atoms with Gasteiger partial charge in [0.2, 0.25) is 0 Å². The summed E-state index contributed by atoms with van der Waals surface area (Å²) >= 11 is 0. The van der Waals surface area contributed by atoms with Gasteiger partial charge in [0.1, 0.15) is 5.75 Å². The summed E-state index contributed by atoms with van der Waals surface area (Å²) in [4.78, 5) is 17.5. The summed E-state index contributed by atoms with van der Waals surface area (Å²) < 4.78 is 5.68. The van der Waals surface area contributed by atoms with Crippen molar-refractivity contribution in [2.24, 2.45) is 11.8 Å². The highest BCUT2D eigenvalue weighted by atomic mass is 16.5. The van der Waals surface area contributed by atoms with Crippen LogP contribution in [0.5, 0.6) is 5.75 Å². The van der Waals surface area contributed by atoms with Gasteiger partial charge in [-0.2, -0.15) is 0 Å². The normalized spacial score (nSPS) is 25.0. The molecule has 4 heteroatoms. The van der Waals surface area contributed by atoms with Crippen LogP contribution in [0.1, 0.15) is 35.8 Å². The summed E-state index contributed by atoms with van der Waals surface area (Å²) in [7, 11) is 2.20. The fourth-order valence-electron chi connectivity index (χ4n) is 4.71. The Labute approximate surface area is 161 Å². The molecule has 3 atom stereocenters. The molecular weight excluding hydrogens is 336 g/mol. The van der Waals surface area contributed by atoms with E-state index in [0.717, 1.165) is 30.9 Å². The summed E-state index contributed by atoms with van der Waals surface area (Å²) in [6.07, 6.45) is 0.136. The first-order valence-corrected chi connectivity index (χ1v) is 9.84. The van der Waals surface area contributed by atoms with Gasteiger partial charge >= 0.3 is 0 Å². The van der Waals surface area contributed by atoms with Gasteiger partial charge in [-0.3, -0.25) is 9.69 Å². The maximum absolute atomic E-state index is 13.0. The number of carbonyl (C=O) groups is 1. The van der Waals surface area contributed by atoms with Crippen molar-refractivity contribution < 1.29 is 9.53 Å². The van der Waals surface area contributed by atoms with Crippen LogP contribution in [-0.4, -0.2) is 48.5 Å². The summed E-state index contributed by atoms with van der Waals surface area (Å²) in [5.41, 5.74) is 2.10. The van der Waals surface area contributed by atoms with Gasteiger partial charge in [-0.25, -0.2) is 0 Å². The van der Waals surface area contributed by atoms with Crippen LogP contribution in [0.4, 0.5) is 0 Å². The largest absolute Gasteiger partial charge is 0.491 e. The fourth-order valence-corrected chi connectivity index (χ4v) is 4.71. The molecule has 0 N–H and O–H groups in total. The predicted molar refractivity (Wildman–Crippen MR) is 107 cm³/mol. The Morgan fingerprint density at radius 2 is 1.70 bits per heavy atom. The molecule has 0 aromatic heterocycles. The third kappa shape index (κ3) is 3.59. The quantitative estimate of drug-likeness (QED) is 0.826. The minimum atomic E-state index is 0.134. The van der Waals surface area contributed by atoms with E-state index in [2.05, 4.69) is 42.3 Å². The van der Waals surface area contributed by atoms with Gasteiger partial charge in [0.05, 0.1) is 6.10 Å². The molecular formula is C23H28N2O2. The molecule has 1 amide bonds. The van der Waals surface area contributed by atoms with Crippen LogP contribution in [0.15, 0.2) is 54.6 Å². The summed E-state index contributed by atoms with van der Waals surface area (Å²) in [5, 5.41) is 0. The molecule has 4 rings (SSSR count). The van der Waals surface area contributed by atoms with Gasteiger partial charge in [0.15, 0.2) is 0 Å². The van der Waals surface area contributed by atoms with Crippen molar-refractivity contribution in [3.8, 4) is 5.75 Å². The zero-order valence-electron chi connectivity index (χ0n) is 16.3. The maximum Gasteiger partial charge on any atom is 0.253 e. The van der Waals surface area contributed by atoms with Crippen LogP contribution in [0.2, 0.25) is 0 Å². The monoisotopic (exact) mass is 364 g/mol. The standard InChI is InChI=1S/C23H28N2O2/c1-16(2)27-20-11-9-18(10-12-20)23(26)25-14-19-13-24(3)22(21(19)15-25)17-7-5-4-6-8-17/h4-12,16,19,21-22H,13-15H2,1-3H3/t19-,21+,22-/m0/s1. The van der Waals surface area contributed by atoms with Crippen LogP contribution >= 0.6 is 0 Å². The second-order valence-corrected chi connectivity index (χ2v) is 8.12.